The summed E-state index contributed by atoms with van der Waals surface area (Å²) in [4.78, 5) is 26.0. The highest BCUT2D eigenvalue weighted by Crippen LogP contribution is 2.33. The number of ether oxygens (including phenoxy) is 4. The van der Waals surface area contributed by atoms with Gasteiger partial charge in [0.15, 0.2) is 11.5 Å². The second-order valence-corrected chi connectivity index (χ2v) is 11.4. The zero-order valence-electron chi connectivity index (χ0n) is 24.9. The summed E-state index contributed by atoms with van der Waals surface area (Å²) >= 11 is 0. The number of benzene rings is 3. The number of nitrogens with one attached hydrogen (secondary N) is 4. The fraction of sp³-hybridized carbons (Fsp3) is 0.226. The summed E-state index contributed by atoms with van der Waals surface area (Å²) in [5, 5.41) is 18.7. The van der Waals surface area contributed by atoms with Crippen LogP contribution >= 0.6 is 0 Å². The predicted octanol–water partition coefficient (Wildman–Crippen LogP) is 2.96. The number of amides is 1. The Hall–Kier alpha value is -5.21. The van der Waals surface area contributed by atoms with Crippen molar-refractivity contribution in [2.75, 3.05) is 28.4 Å². The molecule has 0 bridgehead atoms. The molecule has 13 nitrogen and oxygen atoms in total. The van der Waals surface area contributed by atoms with Gasteiger partial charge in [-0.15, -0.1) is 0 Å². The molecule has 0 aliphatic heterocycles. The predicted molar refractivity (Wildman–Crippen MR) is 166 cm³/mol. The average molecular weight is 637 g/mol. The van der Waals surface area contributed by atoms with Crippen molar-refractivity contribution < 1.29 is 36.6 Å². The van der Waals surface area contributed by atoms with Crippen LogP contribution in [0.25, 0.3) is 11.0 Å². The maximum atomic E-state index is 13.6. The molecule has 0 saturated heterocycles. The van der Waals surface area contributed by atoms with Gasteiger partial charge in [-0.1, -0.05) is 12.1 Å². The standard InChI is InChI=1S/C31H32N4O9S/c1-40-26-15-23-21(14-28(36)44-25(23)16-27(26)41-2)13-24(31(37)34-17-18-5-7-19(8-6-18)29(32)42-3)35-45(38,39)22-11-9-20(10-12-22)30(33)43-4/h5-12,14-16,24,32-33,35H,13,17H2,1-4H3,(H,34,37)/t24-/m0/s1. The Morgan fingerprint density at radius 3 is 1.96 bits per heavy atom. The minimum absolute atomic E-state index is 0.0130. The van der Waals surface area contributed by atoms with E-state index >= 15 is 0 Å². The van der Waals surface area contributed by atoms with Gasteiger partial charge in [0.1, 0.15) is 11.6 Å². The normalized spacial score (nSPS) is 11.8. The van der Waals surface area contributed by atoms with E-state index in [1.54, 1.807) is 30.3 Å². The van der Waals surface area contributed by atoms with Crippen molar-refractivity contribution in [2.45, 2.75) is 23.9 Å². The number of hydrogen-bond donors (Lipinski definition) is 4. The van der Waals surface area contributed by atoms with E-state index in [4.69, 9.17) is 34.2 Å². The molecular formula is C31H32N4O9S. The van der Waals surface area contributed by atoms with Gasteiger partial charge in [-0.05, 0) is 60.0 Å². The summed E-state index contributed by atoms with van der Waals surface area (Å²) in [6, 6.07) is 15.0. The SMILES string of the molecule is COC(=N)c1ccc(CNC(=O)[C@H](Cc2cc(=O)oc3cc(OC)c(OC)cc23)NS(=O)(=O)c2ccc(C(=N)OC)cc2)cc1. The summed E-state index contributed by atoms with van der Waals surface area (Å²) in [5.41, 5.74) is 1.39. The molecule has 0 unspecified atom stereocenters. The van der Waals surface area contributed by atoms with E-state index in [1.165, 1.54) is 64.8 Å². The van der Waals surface area contributed by atoms with E-state index in [9.17, 15) is 18.0 Å². The molecule has 4 N–H and O–H groups in total. The van der Waals surface area contributed by atoms with E-state index in [-0.39, 0.29) is 35.2 Å². The highest BCUT2D eigenvalue weighted by Gasteiger charge is 2.28. The monoisotopic (exact) mass is 636 g/mol. The van der Waals surface area contributed by atoms with E-state index in [0.717, 1.165) is 0 Å². The second kappa shape index (κ2) is 14.1. The Bertz CT molecular complexity index is 1890. The molecule has 0 fully saturated rings. The quantitative estimate of drug-likeness (QED) is 0.103. The topological polar surface area (TPSA) is 190 Å². The Kier molecular flexibility index (Phi) is 10.2. The number of sulfonamides is 1. The van der Waals surface area contributed by atoms with Gasteiger partial charge in [0.2, 0.25) is 27.7 Å². The van der Waals surface area contributed by atoms with E-state index in [0.29, 0.717) is 39.1 Å². The van der Waals surface area contributed by atoms with Crippen molar-refractivity contribution >= 4 is 38.7 Å². The third-order valence-corrected chi connectivity index (χ3v) is 8.38. The first-order chi connectivity index (χ1) is 21.5. The van der Waals surface area contributed by atoms with Crippen LogP contribution in [0, 0.1) is 10.8 Å². The Morgan fingerprint density at radius 1 is 0.844 bits per heavy atom. The summed E-state index contributed by atoms with van der Waals surface area (Å²) in [7, 11) is 1.33. The molecular weight excluding hydrogens is 604 g/mol. The van der Waals surface area contributed by atoms with Gasteiger partial charge in [-0.2, -0.15) is 4.72 Å². The van der Waals surface area contributed by atoms with Crippen molar-refractivity contribution in [2.24, 2.45) is 0 Å². The Labute approximate surface area is 259 Å². The second-order valence-electron chi connectivity index (χ2n) is 9.68. The molecule has 1 heterocycles. The van der Waals surface area contributed by atoms with Gasteiger partial charge < -0.3 is 28.7 Å². The van der Waals surface area contributed by atoms with Crippen LogP contribution in [0.1, 0.15) is 22.3 Å². The van der Waals surface area contributed by atoms with Crippen molar-refractivity contribution in [1.29, 1.82) is 10.8 Å². The number of fused-ring (bicyclic) bond motifs is 1. The highest BCUT2D eigenvalue weighted by atomic mass is 32.2. The van der Waals surface area contributed by atoms with E-state index in [2.05, 4.69) is 10.0 Å². The van der Waals surface area contributed by atoms with Gasteiger partial charge in [0, 0.05) is 35.2 Å². The van der Waals surface area contributed by atoms with Crippen LogP contribution in [0.4, 0.5) is 0 Å². The highest BCUT2D eigenvalue weighted by molar-refractivity contribution is 7.89. The molecule has 4 aromatic rings. The van der Waals surface area contributed by atoms with Gasteiger partial charge in [-0.3, -0.25) is 15.6 Å². The van der Waals surface area contributed by atoms with Crippen LogP contribution in [0.2, 0.25) is 0 Å². The minimum atomic E-state index is -4.27. The molecule has 236 valence electrons. The summed E-state index contributed by atoms with van der Waals surface area (Å²) < 4.78 is 55.3. The van der Waals surface area contributed by atoms with Gasteiger partial charge in [-0.25, -0.2) is 13.2 Å². The lowest BCUT2D eigenvalue weighted by molar-refractivity contribution is -0.122. The summed E-state index contributed by atoms with van der Waals surface area (Å²) in [6.07, 6.45) is -0.223. The van der Waals surface area contributed by atoms with Crippen LogP contribution in [0.15, 0.2) is 80.8 Å². The number of rotatable bonds is 12. The molecule has 0 aliphatic carbocycles. The van der Waals surface area contributed by atoms with Crippen molar-refractivity contribution in [3.8, 4) is 11.5 Å². The van der Waals surface area contributed by atoms with Crippen molar-refractivity contribution in [3.63, 3.8) is 0 Å². The maximum absolute atomic E-state index is 13.6. The van der Waals surface area contributed by atoms with Crippen molar-refractivity contribution in [1.82, 2.24) is 10.0 Å². The first-order valence-corrected chi connectivity index (χ1v) is 14.9. The van der Waals surface area contributed by atoms with Crippen LogP contribution in [0.3, 0.4) is 0 Å². The first kappa shape index (κ1) is 32.7. The fourth-order valence-electron chi connectivity index (χ4n) is 4.49. The van der Waals surface area contributed by atoms with Crippen LogP contribution in [-0.4, -0.2) is 60.6 Å². The van der Waals surface area contributed by atoms with Gasteiger partial charge in [0.05, 0.1) is 33.3 Å². The van der Waals surface area contributed by atoms with Crippen molar-refractivity contribution in [3.05, 3.63) is 99.4 Å². The average Bonchev–Trinajstić information content (AvgIpc) is 3.05. The van der Waals surface area contributed by atoms with Crippen LogP contribution < -0.4 is 25.1 Å². The van der Waals surface area contributed by atoms with Crippen LogP contribution in [0.5, 0.6) is 11.5 Å². The molecule has 1 aromatic heterocycles. The van der Waals surface area contributed by atoms with Crippen LogP contribution in [-0.2, 0) is 37.3 Å². The van der Waals surface area contributed by atoms with Gasteiger partial charge in [0.25, 0.3) is 0 Å². The molecule has 0 spiro atoms. The molecule has 3 aromatic carbocycles. The molecule has 0 radical (unpaired) electrons. The molecule has 1 amide bonds. The third kappa shape index (κ3) is 7.66. The molecule has 14 heteroatoms. The van der Waals surface area contributed by atoms with E-state index in [1.807, 2.05) is 0 Å². The smallest absolute Gasteiger partial charge is 0.336 e. The summed E-state index contributed by atoms with van der Waals surface area (Å²) in [6.45, 7) is 0.0498. The van der Waals surface area contributed by atoms with E-state index < -0.39 is 27.6 Å². The number of carbonyl (C=O) groups is 1. The fourth-order valence-corrected chi connectivity index (χ4v) is 5.69. The number of hydrogen-bond acceptors (Lipinski definition) is 11. The lowest BCUT2D eigenvalue weighted by Crippen LogP contribution is -2.47. The lowest BCUT2D eigenvalue weighted by Gasteiger charge is -2.20. The zero-order chi connectivity index (χ0) is 32.7. The molecule has 4 rings (SSSR count). The number of methoxy groups -OCH3 is 4. The number of carbonyl (C=O) groups excluding carboxylic acids is 1. The third-order valence-electron chi connectivity index (χ3n) is 6.89. The molecule has 0 aliphatic rings. The largest absolute Gasteiger partial charge is 0.493 e. The van der Waals surface area contributed by atoms with Gasteiger partial charge >= 0.3 is 5.63 Å². The zero-order valence-corrected chi connectivity index (χ0v) is 25.7. The molecule has 0 saturated carbocycles. The molecule has 1 atom stereocenters. The maximum Gasteiger partial charge on any atom is 0.336 e. The minimum Gasteiger partial charge on any atom is -0.493 e. The Balaban J connectivity index is 1.68. The lowest BCUT2D eigenvalue weighted by atomic mass is 10.0. The first-order valence-electron chi connectivity index (χ1n) is 13.4. The molecule has 45 heavy (non-hydrogen) atoms. The Morgan fingerprint density at radius 2 is 1.40 bits per heavy atom. The summed E-state index contributed by atoms with van der Waals surface area (Å²) in [5.74, 6) is -0.156.